The van der Waals surface area contributed by atoms with Crippen LogP contribution in [0, 0.1) is 13.8 Å². The van der Waals surface area contributed by atoms with Gasteiger partial charge in [0.05, 0.1) is 9.92 Å². The van der Waals surface area contributed by atoms with E-state index in [4.69, 9.17) is 16.3 Å². The molecule has 1 aliphatic heterocycles. The predicted molar refractivity (Wildman–Crippen MR) is 114 cm³/mol. The summed E-state index contributed by atoms with van der Waals surface area (Å²) in [6.07, 6.45) is -0.687. The Morgan fingerprint density at radius 1 is 1.10 bits per heavy atom. The minimum atomic E-state index is -3.51. The topological polar surface area (TPSA) is 70.1 Å². The highest BCUT2D eigenvalue weighted by Gasteiger charge is 2.30. The van der Waals surface area contributed by atoms with E-state index in [-0.39, 0.29) is 6.61 Å². The lowest BCUT2D eigenvalue weighted by atomic mass is 10.2. The molecule has 1 N–H and O–H groups in total. The van der Waals surface area contributed by atoms with Gasteiger partial charge in [-0.3, -0.25) is 4.90 Å². The zero-order chi connectivity index (χ0) is 21.0. The maximum absolute atomic E-state index is 13.0. The lowest BCUT2D eigenvalue weighted by Gasteiger charge is -2.35. The van der Waals surface area contributed by atoms with Crippen LogP contribution in [0.4, 0.5) is 0 Å². The van der Waals surface area contributed by atoms with E-state index in [0.29, 0.717) is 48.4 Å². The van der Waals surface area contributed by atoms with Crippen molar-refractivity contribution in [3.8, 4) is 5.75 Å². The van der Waals surface area contributed by atoms with Crippen molar-refractivity contribution in [2.45, 2.75) is 24.8 Å². The second-order valence-electron chi connectivity index (χ2n) is 7.37. The van der Waals surface area contributed by atoms with E-state index in [1.165, 1.54) is 4.31 Å². The third-order valence-electron chi connectivity index (χ3n) is 5.03. The van der Waals surface area contributed by atoms with Crippen LogP contribution in [-0.2, 0) is 10.0 Å². The largest absolute Gasteiger partial charge is 0.489 e. The Kier molecular flexibility index (Phi) is 7.19. The van der Waals surface area contributed by atoms with Crippen molar-refractivity contribution in [2.75, 3.05) is 39.3 Å². The van der Waals surface area contributed by atoms with Crippen molar-refractivity contribution in [3.05, 3.63) is 58.6 Å². The fraction of sp³-hybridized carbons (Fsp3) is 0.429. The van der Waals surface area contributed by atoms with E-state index in [0.717, 1.165) is 11.1 Å². The average Bonchev–Trinajstić information content (AvgIpc) is 2.69. The number of sulfonamides is 1. The fourth-order valence-electron chi connectivity index (χ4n) is 3.38. The molecule has 1 heterocycles. The van der Waals surface area contributed by atoms with E-state index in [1.54, 1.807) is 18.2 Å². The third-order valence-corrected chi connectivity index (χ3v) is 7.38. The summed E-state index contributed by atoms with van der Waals surface area (Å²) < 4.78 is 33.1. The molecule has 0 amide bonds. The molecule has 2 aromatic carbocycles. The normalized spacial score (nSPS) is 17.2. The summed E-state index contributed by atoms with van der Waals surface area (Å²) in [5.41, 5.74) is 1.68. The molecule has 3 rings (SSSR count). The Balaban J connectivity index is 1.52. The first-order valence-corrected chi connectivity index (χ1v) is 11.4. The van der Waals surface area contributed by atoms with Gasteiger partial charge in [0.25, 0.3) is 0 Å². The fourth-order valence-corrected chi connectivity index (χ4v) is 5.30. The maximum Gasteiger partial charge on any atom is 0.243 e. The molecule has 2 aromatic rings. The molecule has 1 fully saturated rings. The molecule has 1 unspecified atom stereocenters. The molecular weight excluding hydrogens is 412 g/mol. The molecule has 1 aliphatic rings. The Bertz CT molecular complexity index is 943. The molecule has 8 heteroatoms. The maximum atomic E-state index is 13.0. The molecular formula is C21H27ClN2O4S. The molecule has 1 saturated heterocycles. The van der Waals surface area contributed by atoms with Crippen LogP contribution in [0.25, 0.3) is 0 Å². The minimum Gasteiger partial charge on any atom is -0.489 e. The van der Waals surface area contributed by atoms with Crippen LogP contribution in [0.5, 0.6) is 5.75 Å². The van der Waals surface area contributed by atoms with Gasteiger partial charge in [-0.2, -0.15) is 4.31 Å². The quantitative estimate of drug-likeness (QED) is 0.719. The second kappa shape index (κ2) is 9.45. The number of benzene rings is 2. The van der Waals surface area contributed by atoms with Gasteiger partial charge in [-0.1, -0.05) is 35.9 Å². The van der Waals surface area contributed by atoms with Gasteiger partial charge in [0, 0.05) is 32.7 Å². The van der Waals surface area contributed by atoms with Gasteiger partial charge in [0.15, 0.2) is 0 Å². The molecule has 158 valence electrons. The smallest absolute Gasteiger partial charge is 0.243 e. The average molecular weight is 439 g/mol. The second-order valence-corrected chi connectivity index (χ2v) is 9.68. The summed E-state index contributed by atoms with van der Waals surface area (Å²) in [4.78, 5) is 2.43. The standard InChI is InChI=1S/C21H27ClN2O4S/c1-16-7-8-17(2)21(13-16)29(26,27)24-11-9-23(10-12-24)14-18(25)15-28-20-6-4-3-5-19(20)22/h3-8,13,18,25H,9-12,14-15H2,1-2H3. The van der Waals surface area contributed by atoms with Crippen LogP contribution < -0.4 is 4.74 Å². The summed E-state index contributed by atoms with van der Waals surface area (Å²) >= 11 is 6.05. The highest BCUT2D eigenvalue weighted by Crippen LogP contribution is 2.24. The molecule has 0 aliphatic carbocycles. The number of nitrogens with zero attached hydrogens (tertiary/aromatic N) is 2. The van der Waals surface area contributed by atoms with Gasteiger partial charge in [-0.05, 0) is 43.2 Å². The highest BCUT2D eigenvalue weighted by atomic mass is 35.5. The number of aryl methyl sites for hydroxylation is 2. The van der Waals surface area contributed by atoms with Crippen molar-refractivity contribution in [1.29, 1.82) is 0 Å². The van der Waals surface area contributed by atoms with E-state index in [1.807, 2.05) is 38.1 Å². The van der Waals surface area contributed by atoms with E-state index in [9.17, 15) is 13.5 Å². The Morgan fingerprint density at radius 2 is 1.79 bits per heavy atom. The van der Waals surface area contributed by atoms with Gasteiger partial charge in [-0.25, -0.2) is 8.42 Å². The summed E-state index contributed by atoms with van der Waals surface area (Å²) in [6, 6.07) is 12.6. The molecule has 0 radical (unpaired) electrons. The number of para-hydroxylation sites is 1. The predicted octanol–water partition coefficient (Wildman–Crippen LogP) is 2.70. The van der Waals surface area contributed by atoms with Gasteiger partial charge >= 0.3 is 0 Å². The molecule has 0 bridgehead atoms. The molecule has 29 heavy (non-hydrogen) atoms. The van der Waals surface area contributed by atoms with Crippen molar-refractivity contribution in [2.24, 2.45) is 0 Å². The zero-order valence-corrected chi connectivity index (χ0v) is 18.3. The van der Waals surface area contributed by atoms with Crippen molar-refractivity contribution in [3.63, 3.8) is 0 Å². The summed E-state index contributed by atoms with van der Waals surface area (Å²) in [5, 5.41) is 10.8. The van der Waals surface area contributed by atoms with Crippen LogP contribution >= 0.6 is 11.6 Å². The zero-order valence-electron chi connectivity index (χ0n) is 16.7. The number of rotatable bonds is 7. The number of piperazine rings is 1. The first-order chi connectivity index (χ1) is 13.8. The first kappa shape index (κ1) is 22.1. The highest BCUT2D eigenvalue weighted by molar-refractivity contribution is 7.89. The number of halogens is 1. The molecule has 0 aromatic heterocycles. The summed E-state index contributed by atoms with van der Waals surface area (Å²) in [5.74, 6) is 0.539. The van der Waals surface area contributed by atoms with Gasteiger partial charge < -0.3 is 9.84 Å². The molecule has 1 atom stereocenters. The van der Waals surface area contributed by atoms with Gasteiger partial charge in [0.1, 0.15) is 18.5 Å². The van der Waals surface area contributed by atoms with Crippen LogP contribution in [0.2, 0.25) is 5.02 Å². The van der Waals surface area contributed by atoms with Crippen molar-refractivity contribution < 1.29 is 18.3 Å². The van der Waals surface area contributed by atoms with Crippen LogP contribution in [0.3, 0.4) is 0 Å². The van der Waals surface area contributed by atoms with E-state index in [2.05, 4.69) is 4.90 Å². The third kappa shape index (κ3) is 5.49. The Hall–Kier alpha value is -1.64. The number of ether oxygens (including phenoxy) is 1. The Morgan fingerprint density at radius 3 is 2.48 bits per heavy atom. The van der Waals surface area contributed by atoms with E-state index >= 15 is 0 Å². The van der Waals surface area contributed by atoms with E-state index < -0.39 is 16.1 Å². The number of hydrogen-bond acceptors (Lipinski definition) is 5. The SMILES string of the molecule is Cc1ccc(C)c(S(=O)(=O)N2CCN(CC(O)COc3ccccc3Cl)CC2)c1. The van der Waals surface area contributed by atoms with Crippen molar-refractivity contribution in [1.82, 2.24) is 9.21 Å². The molecule has 6 nitrogen and oxygen atoms in total. The Labute approximate surface area is 177 Å². The minimum absolute atomic E-state index is 0.130. The van der Waals surface area contributed by atoms with Gasteiger partial charge in [-0.15, -0.1) is 0 Å². The van der Waals surface area contributed by atoms with Gasteiger partial charge in [0.2, 0.25) is 10.0 Å². The molecule has 0 spiro atoms. The van der Waals surface area contributed by atoms with Crippen LogP contribution in [-0.4, -0.2) is 68.2 Å². The summed E-state index contributed by atoms with van der Waals surface area (Å²) in [7, 11) is -3.51. The first-order valence-electron chi connectivity index (χ1n) is 9.62. The number of β-amino-alcohol motifs (C(OH)–C–C–N with tert-alkyl or cyclic N) is 1. The summed E-state index contributed by atoms with van der Waals surface area (Å²) in [6.45, 7) is 6.18. The monoisotopic (exact) mass is 438 g/mol. The lowest BCUT2D eigenvalue weighted by molar-refractivity contribution is 0.0569. The van der Waals surface area contributed by atoms with Crippen LogP contribution in [0.1, 0.15) is 11.1 Å². The lowest BCUT2D eigenvalue weighted by Crippen LogP contribution is -2.50. The molecule has 0 saturated carbocycles. The van der Waals surface area contributed by atoms with Crippen molar-refractivity contribution >= 4 is 21.6 Å². The number of aliphatic hydroxyl groups excluding tert-OH is 1. The number of hydrogen-bond donors (Lipinski definition) is 1. The number of aliphatic hydroxyl groups is 1. The van der Waals surface area contributed by atoms with Crippen LogP contribution in [0.15, 0.2) is 47.4 Å².